The molecule has 0 amide bonds. The monoisotopic (exact) mass is 408 g/mol. The van der Waals surface area contributed by atoms with Crippen molar-refractivity contribution in [2.24, 2.45) is 0 Å². The van der Waals surface area contributed by atoms with Crippen molar-refractivity contribution in [3.63, 3.8) is 0 Å². The van der Waals surface area contributed by atoms with Crippen molar-refractivity contribution in [3.8, 4) is 28.6 Å². The maximum Gasteiger partial charge on any atom is 0.387 e. The van der Waals surface area contributed by atoms with Gasteiger partial charge in [-0.05, 0) is 48.5 Å². The van der Waals surface area contributed by atoms with Crippen LogP contribution >= 0.6 is 11.8 Å². The number of rotatable bonds is 9. The van der Waals surface area contributed by atoms with E-state index in [4.69, 9.17) is 15.3 Å². The molecule has 3 rings (SSSR count). The molecule has 0 aliphatic carbocycles. The van der Waals surface area contributed by atoms with Gasteiger partial charge < -0.3 is 20.1 Å². The molecule has 0 aliphatic rings. The normalized spacial score (nSPS) is 10.9. The van der Waals surface area contributed by atoms with E-state index in [0.717, 1.165) is 11.5 Å². The highest BCUT2D eigenvalue weighted by Crippen LogP contribution is 2.24. The fraction of sp³-hybridized carbons (Fsp3) is 0.222. The SMILES string of the molecule is COc1ccc(OCCSc2nnc(-c3ccc(OC(F)F)cc3)n2N)cc1. The lowest BCUT2D eigenvalue weighted by molar-refractivity contribution is -0.0498. The Morgan fingerprint density at radius 1 is 1.00 bits per heavy atom. The average molecular weight is 408 g/mol. The quantitative estimate of drug-likeness (QED) is 0.330. The molecule has 0 spiro atoms. The molecule has 0 fully saturated rings. The second kappa shape index (κ2) is 9.27. The lowest BCUT2D eigenvalue weighted by atomic mass is 10.2. The first-order chi connectivity index (χ1) is 13.6. The van der Waals surface area contributed by atoms with Crippen molar-refractivity contribution in [1.29, 1.82) is 0 Å². The number of nitrogens with zero attached hydrogens (tertiary/aromatic N) is 3. The second-order valence-corrected chi connectivity index (χ2v) is 6.51. The van der Waals surface area contributed by atoms with Crippen LogP contribution in [0.2, 0.25) is 0 Å². The molecular weight excluding hydrogens is 390 g/mol. The number of nitrogen functional groups attached to an aromatic ring is 1. The number of hydrogen-bond donors (Lipinski definition) is 1. The Morgan fingerprint density at radius 3 is 2.29 bits per heavy atom. The molecule has 148 valence electrons. The maximum absolute atomic E-state index is 12.2. The summed E-state index contributed by atoms with van der Waals surface area (Å²) in [5, 5.41) is 8.63. The van der Waals surface area contributed by atoms with Gasteiger partial charge in [0, 0.05) is 11.3 Å². The van der Waals surface area contributed by atoms with E-state index in [0.29, 0.717) is 28.9 Å². The molecule has 3 aromatic rings. The first kappa shape index (κ1) is 19.7. The third-order valence-corrected chi connectivity index (χ3v) is 4.55. The van der Waals surface area contributed by atoms with Gasteiger partial charge in [0.25, 0.3) is 0 Å². The van der Waals surface area contributed by atoms with Crippen LogP contribution in [0.1, 0.15) is 0 Å². The van der Waals surface area contributed by atoms with E-state index >= 15 is 0 Å². The standard InChI is InChI=1S/C18H18F2N4O3S/c1-25-13-6-8-14(9-7-13)26-10-11-28-18-23-22-16(24(18)21)12-2-4-15(5-3-12)27-17(19)20/h2-9,17H,10-11,21H2,1H3. The zero-order valence-electron chi connectivity index (χ0n) is 14.9. The molecule has 1 heterocycles. The van der Waals surface area contributed by atoms with Crippen LogP contribution in [-0.4, -0.2) is 41.0 Å². The Hall–Kier alpha value is -3.01. The van der Waals surface area contributed by atoms with Crippen molar-refractivity contribution in [3.05, 3.63) is 48.5 Å². The van der Waals surface area contributed by atoms with Gasteiger partial charge in [-0.25, -0.2) is 4.68 Å². The van der Waals surface area contributed by atoms with Gasteiger partial charge in [0.05, 0.1) is 13.7 Å². The molecule has 0 aliphatic heterocycles. The predicted octanol–water partition coefficient (Wildman–Crippen LogP) is 3.44. The Morgan fingerprint density at radius 2 is 1.64 bits per heavy atom. The smallest absolute Gasteiger partial charge is 0.387 e. The number of hydrogen-bond acceptors (Lipinski definition) is 7. The third-order valence-electron chi connectivity index (χ3n) is 3.64. The summed E-state index contributed by atoms with van der Waals surface area (Å²) in [5.74, 6) is 8.64. The molecule has 0 unspecified atom stereocenters. The summed E-state index contributed by atoms with van der Waals surface area (Å²) in [7, 11) is 1.61. The molecule has 0 saturated carbocycles. The molecule has 0 bridgehead atoms. The molecule has 0 radical (unpaired) electrons. The summed E-state index contributed by atoms with van der Waals surface area (Å²) in [6, 6.07) is 13.3. The predicted molar refractivity (Wildman–Crippen MR) is 101 cm³/mol. The first-order valence-electron chi connectivity index (χ1n) is 8.22. The van der Waals surface area contributed by atoms with Crippen LogP contribution in [0.15, 0.2) is 53.7 Å². The van der Waals surface area contributed by atoms with Gasteiger partial charge in [0.2, 0.25) is 5.16 Å². The van der Waals surface area contributed by atoms with Crippen molar-refractivity contribution >= 4 is 11.8 Å². The lowest BCUT2D eigenvalue weighted by Crippen LogP contribution is -2.12. The lowest BCUT2D eigenvalue weighted by Gasteiger charge is -2.07. The van der Waals surface area contributed by atoms with Crippen LogP contribution in [0.4, 0.5) is 8.78 Å². The zero-order valence-corrected chi connectivity index (χ0v) is 15.7. The highest BCUT2D eigenvalue weighted by atomic mass is 32.2. The minimum absolute atomic E-state index is 0.0621. The minimum atomic E-state index is -2.87. The van der Waals surface area contributed by atoms with Crippen LogP contribution in [0.25, 0.3) is 11.4 Å². The molecule has 28 heavy (non-hydrogen) atoms. The van der Waals surface area contributed by atoms with E-state index < -0.39 is 6.61 Å². The van der Waals surface area contributed by atoms with Gasteiger partial charge in [-0.2, -0.15) is 8.78 Å². The van der Waals surface area contributed by atoms with Crippen LogP contribution in [0, 0.1) is 0 Å². The Kier molecular flexibility index (Phi) is 6.53. The summed E-state index contributed by atoms with van der Waals surface area (Å²) >= 11 is 1.39. The van der Waals surface area contributed by atoms with Crippen molar-refractivity contribution < 1.29 is 23.0 Å². The Balaban J connectivity index is 1.54. The number of ether oxygens (including phenoxy) is 3. The number of aromatic nitrogens is 3. The van der Waals surface area contributed by atoms with Gasteiger partial charge in [-0.15, -0.1) is 10.2 Å². The van der Waals surface area contributed by atoms with Crippen LogP contribution in [-0.2, 0) is 0 Å². The van der Waals surface area contributed by atoms with E-state index in [1.807, 2.05) is 24.3 Å². The fourth-order valence-electron chi connectivity index (χ4n) is 2.32. The number of alkyl halides is 2. The number of thioether (sulfide) groups is 1. The number of halogens is 2. The Labute approximate surface area is 164 Å². The second-order valence-electron chi connectivity index (χ2n) is 5.45. The fourth-order valence-corrected chi connectivity index (χ4v) is 3.00. The summed E-state index contributed by atoms with van der Waals surface area (Å²) in [6.07, 6.45) is 0. The van der Waals surface area contributed by atoms with Gasteiger partial charge in [-0.1, -0.05) is 11.8 Å². The molecule has 1 aromatic heterocycles. The molecule has 2 N–H and O–H groups in total. The van der Waals surface area contributed by atoms with Gasteiger partial charge >= 0.3 is 6.61 Å². The molecule has 0 saturated heterocycles. The number of benzene rings is 2. The average Bonchev–Trinajstić information content (AvgIpc) is 3.06. The van der Waals surface area contributed by atoms with Crippen LogP contribution in [0.5, 0.6) is 17.2 Å². The minimum Gasteiger partial charge on any atom is -0.497 e. The van der Waals surface area contributed by atoms with Crippen LogP contribution < -0.4 is 20.1 Å². The maximum atomic E-state index is 12.2. The van der Waals surface area contributed by atoms with Gasteiger partial charge in [0.1, 0.15) is 17.2 Å². The van der Waals surface area contributed by atoms with E-state index in [2.05, 4.69) is 14.9 Å². The molecule has 0 atom stereocenters. The van der Waals surface area contributed by atoms with E-state index in [-0.39, 0.29) is 5.75 Å². The summed E-state index contributed by atoms with van der Waals surface area (Å²) < 4.78 is 40.8. The molecular formula is C18H18F2N4O3S. The van der Waals surface area contributed by atoms with E-state index in [9.17, 15) is 8.78 Å². The molecule has 10 heteroatoms. The number of nitrogens with two attached hydrogens (primary N) is 1. The van der Waals surface area contributed by atoms with Gasteiger partial charge in [-0.3, -0.25) is 0 Å². The molecule has 2 aromatic carbocycles. The topological polar surface area (TPSA) is 84.4 Å². The summed E-state index contributed by atoms with van der Waals surface area (Å²) in [4.78, 5) is 0. The highest BCUT2D eigenvalue weighted by Gasteiger charge is 2.13. The van der Waals surface area contributed by atoms with Crippen LogP contribution in [0.3, 0.4) is 0 Å². The van der Waals surface area contributed by atoms with Crippen molar-refractivity contribution in [2.45, 2.75) is 11.8 Å². The first-order valence-corrected chi connectivity index (χ1v) is 9.21. The van der Waals surface area contributed by atoms with Crippen molar-refractivity contribution in [1.82, 2.24) is 14.9 Å². The Bertz CT molecular complexity index is 889. The van der Waals surface area contributed by atoms with Crippen molar-refractivity contribution in [2.75, 3.05) is 25.3 Å². The van der Waals surface area contributed by atoms with E-state index in [1.54, 1.807) is 19.2 Å². The molecule has 7 nitrogen and oxygen atoms in total. The number of methoxy groups -OCH3 is 1. The zero-order chi connectivity index (χ0) is 19.9. The third kappa shape index (κ3) is 5.03. The van der Waals surface area contributed by atoms with E-state index in [1.165, 1.54) is 28.6 Å². The summed E-state index contributed by atoms with van der Waals surface area (Å²) in [5.41, 5.74) is 0.637. The largest absolute Gasteiger partial charge is 0.497 e. The van der Waals surface area contributed by atoms with Gasteiger partial charge in [0.15, 0.2) is 5.82 Å². The highest BCUT2D eigenvalue weighted by molar-refractivity contribution is 7.99. The summed E-state index contributed by atoms with van der Waals surface area (Å²) in [6.45, 7) is -2.41.